The van der Waals surface area contributed by atoms with Crippen LogP contribution in [0.15, 0.2) is 24.3 Å². The summed E-state index contributed by atoms with van der Waals surface area (Å²) in [5, 5.41) is 5.24. The average molecular weight is 308 g/mol. The summed E-state index contributed by atoms with van der Waals surface area (Å²) in [6.07, 6.45) is 2.44. The Labute approximate surface area is 128 Å². The molecule has 0 saturated carbocycles. The van der Waals surface area contributed by atoms with Crippen molar-refractivity contribution in [3.05, 3.63) is 34.9 Å². The van der Waals surface area contributed by atoms with Gasteiger partial charge in [0.15, 0.2) is 0 Å². The second-order valence-corrected chi connectivity index (χ2v) is 6.83. The van der Waals surface area contributed by atoms with Crippen LogP contribution in [0.2, 0.25) is 5.02 Å². The summed E-state index contributed by atoms with van der Waals surface area (Å²) in [4.78, 5) is 0. The first-order valence-electron chi connectivity index (χ1n) is 6.82. The quantitative estimate of drug-likeness (QED) is 0.914. The van der Waals surface area contributed by atoms with Gasteiger partial charge in [-0.05, 0) is 41.9 Å². The SMILES string of the molecule is Cn1nc(-c2ccc(C3CCSCC3)c(Cl)c2)cc1N. The summed E-state index contributed by atoms with van der Waals surface area (Å²) in [5.74, 6) is 3.73. The lowest BCUT2D eigenvalue weighted by Crippen LogP contribution is -2.08. The van der Waals surface area contributed by atoms with E-state index in [0.717, 1.165) is 16.3 Å². The number of nitrogens with zero attached hydrogens (tertiary/aromatic N) is 2. The van der Waals surface area contributed by atoms with Gasteiger partial charge in [-0.3, -0.25) is 4.68 Å². The lowest BCUT2D eigenvalue weighted by molar-refractivity contribution is 0.637. The van der Waals surface area contributed by atoms with Crippen molar-refractivity contribution in [3.8, 4) is 11.3 Å². The summed E-state index contributed by atoms with van der Waals surface area (Å²) in [6.45, 7) is 0. The monoisotopic (exact) mass is 307 g/mol. The van der Waals surface area contributed by atoms with Gasteiger partial charge in [0, 0.05) is 23.7 Å². The van der Waals surface area contributed by atoms with Crippen molar-refractivity contribution in [2.24, 2.45) is 7.05 Å². The zero-order chi connectivity index (χ0) is 14.1. The molecule has 1 aliphatic heterocycles. The van der Waals surface area contributed by atoms with E-state index in [4.69, 9.17) is 17.3 Å². The van der Waals surface area contributed by atoms with Crippen molar-refractivity contribution in [1.29, 1.82) is 0 Å². The van der Waals surface area contributed by atoms with Crippen molar-refractivity contribution in [2.45, 2.75) is 18.8 Å². The van der Waals surface area contributed by atoms with Gasteiger partial charge in [-0.15, -0.1) is 0 Å². The minimum atomic E-state index is 0.603. The number of hydrogen-bond acceptors (Lipinski definition) is 3. The Morgan fingerprint density at radius 1 is 1.30 bits per heavy atom. The van der Waals surface area contributed by atoms with Gasteiger partial charge in [-0.1, -0.05) is 23.7 Å². The number of halogens is 1. The van der Waals surface area contributed by atoms with Crippen LogP contribution in [0.5, 0.6) is 0 Å². The molecule has 2 N–H and O–H groups in total. The van der Waals surface area contributed by atoms with Crippen LogP contribution in [0.25, 0.3) is 11.3 Å². The van der Waals surface area contributed by atoms with E-state index in [2.05, 4.69) is 17.2 Å². The van der Waals surface area contributed by atoms with Gasteiger partial charge in [0.25, 0.3) is 0 Å². The Bertz CT molecular complexity index is 598. The summed E-state index contributed by atoms with van der Waals surface area (Å²) in [5.41, 5.74) is 9.00. The number of anilines is 1. The van der Waals surface area contributed by atoms with Crippen molar-refractivity contribution in [3.63, 3.8) is 0 Å². The molecule has 0 spiro atoms. The van der Waals surface area contributed by atoms with Crippen molar-refractivity contribution < 1.29 is 0 Å². The smallest absolute Gasteiger partial charge is 0.121 e. The van der Waals surface area contributed by atoms with E-state index in [-0.39, 0.29) is 0 Å². The van der Waals surface area contributed by atoms with Crippen LogP contribution in [-0.4, -0.2) is 21.3 Å². The van der Waals surface area contributed by atoms with Crippen LogP contribution >= 0.6 is 23.4 Å². The van der Waals surface area contributed by atoms with Gasteiger partial charge >= 0.3 is 0 Å². The van der Waals surface area contributed by atoms with Gasteiger partial charge in [0.2, 0.25) is 0 Å². The molecule has 0 radical (unpaired) electrons. The molecule has 2 aromatic rings. The number of hydrogen-bond donors (Lipinski definition) is 1. The fourth-order valence-corrected chi connectivity index (χ4v) is 4.09. The zero-order valence-electron chi connectivity index (χ0n) is 11.5. The van der Waals surface area contributed by atoms with E-state index in [9.17, 15) is 0 Å². The third-order valence-electron chi connectivity index (χ3n) is 3.87. The highest BCUT2D eigenvalue weighted by Gasteiger charge is 2.19. The molecule has 0 unspecified atom stereocenters. The van der Waals surface area contributed by atoms with Gasteiger partial charge in [-0.25, -0.2) is 0 Å². The first-order chi connectivity index (χ1) is 9.65. The molecule has 0 bridgehead atoms. The fraction of sp³-hybridized carbons (Fsp3) is 0.400. The maximum Gasteiger partial charge on any atom is 0.121 e. The van der Waals surface area contributed by atoms with Gasteiger partial charge in [-0.2, -0.15) is 16.9 Å². The van der Waals surface area contributed by atoms with Crippen molar-refractivity contribution in [2.75, 3.05) is 17.2 Å². The van der Waals surface area contributed by atoms with E-state index in [1.54, 1.807) is 4.68 Å². The predicted octanol–water partition coefficient (Wildman–Crippen LogP) is 3.93. The molecule has 3 rings (SSSR count). The lowest BCUT2D eigenvalue weighted by Gasteiger charge is -2.22. The maximum absolute atomic E-state index is 6.49. The Hall–Kier alpha value is -1.13. The number of rotatable bonds is 2. The topological polar surface area (TPSA) is 43.8 Å². The van der Waals surface area contributed by atoms with E-state index in [1.165, 1.54) is 29.9 Å². The maximum atomic E-state index is 6.49. The Kier molecular flexibility index (Phi) is 3.94. The van der Waals surface area contributed by atoms with E-state index in [0.29, 0.717) is 11.7 Å². The molecule has 3 nitrogen and oxygen atoms in total. The molecule has 1 saturated heterocycles. The van der Waals surface area contributed by atoms with E-state index in [1.807, 2.05) is 30.9 Å². The molecule has 2 heterocycles. The minimum Gasteiger partial charge on any atom is -0.384 e. The number of aryl methyl sites for hydroxylation is 1. The van der Waals surface area contributed by atoms with Crippen molar-refractivity contribution >= 4 is 29.2 Å². The Morgan fingerprint density at radius 3 is 2.65 bits per heavy atom. The minimum absolute atomic E-state index is 0.603. The van der Waals surface area contributed by atoms with Gasteiger partial charge in [0.05, 0.1) is 5.69 Å². The van der Waals surface area contributed by atoms with Crippen LogP contribution < -0.4 is 5.73 Å². The number of thioether (sulfide) groups is 1. The van der Waals surface area contributed by atoms with Crippen molar-refractivity contribution in [1.82, 2.24) is 9.78 Å². The molecule has 1 aliphatic rings. The van der Waals surface area contributed by atoms with Gasteiger partial charge < -0.3 is 5.73 Å². The van der Waals surface area contributed by atoms with Crippen LogP contribution in [0, 0.1) is 0 Å². The van der Waals surface area contributed by atoms with E-state index < -0.39 is 0 Å². The standard InChI is InChI=1S/C15H18ClN3S/c1-19-15(17)9-14(18-19)11-2-3-12(13(16)8-11)10-4-6-20-7-5-10/h2-3,8-10H,4-7,17H2,1H3. The number of benzene rings is 1. The number of nitrogen functional groups attached to an aromatic ring is 1. The Morgan fingerprint density at radius 2 is 2.05 bits per heavy atom. The van der Waals surface area contributed by atoms with Crippen LogP contribution in [0.4, 0.5) is 5.82 Å². The highest BCUT2D eigenvalue weighted by molar-refractivity contribution is 7.99. The first-order valence-corrected chi connectivity index (χ1v) is 8.35. The highest BCUT2D eigenvalue weighted by Crippen LogP contribution is 2.37. The molecule has 0 atom stereocenters. The molecule has 1 aromatic carbocycles. The molecule has 0 amide bonds. The molecule has 106 valence electrons. The summed E-state index contributed by atoms with van der Waals surface area (Å²) >= 11 is 8.52. The average Bonchev–Trinajstić information content (AvgIpc) is 2.79. The molecular formula is C15H18ClN3S. The van der Waals surface area contributed by atoms with Crippen LogP contribution in [-0.2, 0) is 7.05 Å². The lowest BCUT2D eigenvalue weighted by atomic mass is 9.92. The summed E-state index contributed by atoms with van der Waals surface area (Å²) in [7, 11) is 1.84. The highest BCUT2D eigenvalue weighted by atomic mass is 35.5. The molecule has 0 aliphatic carbocycles. The van der Waals surface area contributed by atoms with E-state index >= 15 is 0 Å². The second kappa shape index (κ2) is 5.70. The predicted molar refractivity (Wildman–Crippen MR) is 87.4 cm³/mol. The fourth-order valence-electron chi connectivity index (χ4n) is 2.65. The number of nitrogens with two attached hydrogens (primary N) is 1. The number of aromatic nitrogens is 2. The molecule has 1 fully saturated rings. The summed E-state index contributed by atoms with van der Waals surface area (Å²) < 4.78 is 1.68. The van der Waals surface area contributed by atoms with Crippen LogP contribution in [0.3, 0.4) is 0 Å². The second-order valence-electron chi connectivity index (χ2n) is 5.20. The summed E-state index contributed by atoms with van der Waals surface area (Å²) in [6, 6.07) is 8.15. The first kappa shape index (κ1) is 13.8. The van der Waals surface area contributed by atoms with Crippen LogP contribution in [0.1, 0.15) is 24.3 Å². The van der Waals surface area contributed by atoms with Gasteiger partial charge in [0.1, 0.15) is 5.82 Å². The molecule has 1 aromatic heterocycles. The third-order valence-corrected chi connectivity index (χ3v) is 5.25. The molecular weight excluding hydrogens is 290 g/mol. The Balaban J connectivity index is 1.90. The molecule has 20 heavy (non-hydrogen) atoms. The third kappa shape index (κ3) is 2.67. The largest absolute Gasteiger partial charge is 0.384 e. The zero-order valence-corrected chi connectivity index (χ0v) is 13.0. The molecule has 5 heteroatoms. The normalized spacial score (nSPS) is 16.5.